The number of para-hydroxylation sites is 2. The van der Waals surface area contributed by atoms with Gasteiger partial charge in [0, 0.05) is 17.1 Å². The molecule has 9 heteroatoms. The highest BCUT2D eigenvalue weighted by atomic mass is 32.2. The predicted molar refractivity (Wildman–Crippen MR) is 139 cm³/mol. The maximum Gasteiger partial charge on any atom is 0.534 e. The number of nitrogens with two attached hydrogens (primary N) is 1. The van der Waals surface area contributed by atoms with Crippen LogP contribution in [-0.2, 0) is 10.1 Å². The van der Waals surface area contributed by atoms with E-state index in [0.717, 1.165) is 29.2 Å². The summed E-state index contributed by atoms with van der Waals surface area (Å²) in [6.07, 6.45) is 0. The van der Waals surface area contributed by atoms with E-state index >= 15 is 0 Å². The zero-order valence-corrected chi connectivity index (χ0v) is 20.6. The van der Waals surface area contributed by atoms with E-state index in [0.29, 0.717) is 0 Å². The molecule has 0 bridgehead atoms. The molecule has 0 spiro atoms. The number of hydrogen-bond acceptors (Lipinski definition) is 5. The lowest BCUT2D eigenvalue weighted by Crippen LogP contribution is -2.27. The van der Waals surface area contributed by atoms with Crippen LogP contribution in [0.2, 0.25) is 0 Å². The molecule has 0 unspecified atom stereocenters. The number of aryl methyl sites for hydroxylation is 2. The zero-order valence-electron chi connectivity index (χ0n) is 19.7. The number of nitrogen functional groups attached to an aromatic ring is 1. The smallest absolute Gasteiger partial charge is 0.399 e. The molecule has 4 aromatic rings. The van der Waals surface area contributed by atoms with E-state index < -0.39 is 15.6 Å². The Balaban J connectivity index is 0.000000198. The van der Waals surface area contributed by atoms with Gasteiger partial charge in [0.05, 0.1) is 0 Å². The van der Waals surface area contributed by atoms with E-state index in [1.165, 1.54) is 29.3 Å². The van der Waals surface area contributed by atoms with Gasteiger partial charge in [0.25, 0.3) is 0 Å². The molecule has 0 atom stereocenters. The van der Waals surface area contributed by atoms with E-state index in [2.05, 4.69) is 52.8 Å². The van der Waals surface area contributed by atoms with Gasteiger partial charge in [-0.2, -0.15) is 21.6 Å². The zero-order chi connectivity index (χ0) is 26.6. The number of anilines is 3. The van der Waals surface area contributed by atoms with Crippen molar-refractivity contribution in [3.05, 3.63) is 120 Å². The summed E-state index contributed by atoms with van der Waals surface area (Å²) < 4.78 is 60.2. The molecule has 0 aliphatic carbocycles. The van der Waals surface area contributed by atoms with E-state index in [1.54, 1.807) is 0 Å². The highest BCUT2D eigenvalue weighted by Gasteiger charge is 2.48. The number of hydrogen-bond donors (Lipinski definition) is 2. The second-order valence-corrected chi connectivity index (χ2v) is 9.10. The number of alkyl halides is 3. The molecule has 190 valence electrons. The van der Waals surface area contributed by atoms with Crippen molar-refractivity contribution in [2.75, 3.05) is 11.1 Å². The van der Waals surface area contributed by atoms with E-state index in [4.69, 9.17) is 5.73 Å². The molecule has 0 amide bonds. The molecule has 0 aromatic heterocycles. The molecule has 0 fully saturated rings. The Hall–Kier alpha value is -3.98. The van der Waals surface area contributed by atoms with Gasteiger partial charge in [-0.3, -0.25) is 0 Å². The molecule has 0 radical (unpaired) electrons. The quantitative estimate of drug-likeness (QED) is 0.170. The molecule has 0 aliphatic rings. The molecular weight excluding hydrogens is 489 g/mol. The van der Waals surface area contributed by atoms with Gasteiger partial charge in [-0.15, -0.1) is 0 Å². The van der Waals surface area contributed by atoms with E-state index in [-0.39, 0.29) is 5.75 Å². The minimum atomic E-state index is -5.55. The number of rotatable bonds is 4. The average Bonchev–Trinajstić information content (AvgIpc) is 2.84. The topological polar surface area (TPSA) is 81.4 Å². The van der Waals surface area contributed by atoms with Crippen molar-refractivity contribution in [3.8, 4) is 5.75 Å². The van der Waals surface area contributed by atoms with Gasteiger partial charge in [-0.1, -0.05) is 71.8 Å². The van der Waals surface area contributed by atoms with Gasteiger partial charge in [0.15, 0.2) is 0 Å². The summed E-state index contributed by atoms with van der Waals surface area (Å²) in [6.45, 7) is 4.13. The van der Waals surface area contributed by atoms with Gasteiger partial charge in [-0.05, 0) is 62.4 Å². The van der Waals surface area contributed by atoms with Crippen LogP contribution >= 0.6 is 0 Å². The maximum atomic E-state index is 11.8. The van der Waals surface area contributed by atoms with Crippen LogP contribution in [0.4, 0.5) is 30.2 Å². The minimum Gasteiger partial charge on any atom is -0.399 e. The van der Waals surface area contributed by atoms with Crippen molar-refractivity contribution >= 4 is 27.2 Å². The minimum absolute atomic E-state index is 0.371. The van der Waals surface area contributed by atoms with Crippen LogP contribution in [0.15, 0.2) is 109 Å². The van der Waals surface area contributed by atoms with Gasteiger partial charge in [0.1, 0.15) is 5.75 Å². The summed E-state index contributed by atoms with van der Waals surface area (Å²) in [4.78, 5) is 0. The van der Waals surface area contributed by atoms with Crippen molar-refractivity contribution in [2.24, 2.45) is 0 Å². The Morgan fingerprint density at radius 1 is 0.667 bits per heavy atom. The van der Waals surface area contributed by atoms with E-state index in [1.807, 2.05) is 49.4 Å². The van der Waals surface area contributed by atoms with Gasteiger partial charge >= 0.3 is 15.6 Å². The SMILES string of the molecule is Cc1ccc(N)cc1.Cc1ccc(Nc2ccccc2)cc1.O=S(=O)(Oc1ccccc1)C(F)(F)F. The second-order valence-electron chi connectivity index (χ2n) is 7.56. The van der Waals surface area contributed by atoms with Crippen LogP contribution < -0.4 is 15.2 Å². The van der Waals surface area contributed by atoms with Crippen LogP contribution in [-0.4, -0.2) is 13.9 Å². The van der Waals surface area contributed by atoms with Gasteiger partial charge < -0.3 is 15.2 Å². The lowest BCUT2D eigenvalue weighted by molar-refractivity contribution is -0.0500. The molecule has 0 heterocycles. The van der Waals surface area contributed by atoms with Crippen LogP contribution in [0.25, 0.3) is 0 Å². The van der Waals surface area contributed by atoms with Crippen molar-refractivity contribution in [1.29, 1.82) is 0 Å². The van der Waals surface area contributed by atoms with Crippen molar-refractivity contribution in [1.82, 2.24) is 0 Å². The summed E-state index contributed by atoms with van der Waals surface area (Å²) in [5, 5.41) is 3.33. The molecule has 0 saturated heterocycles. The summed E-state index contributed by atoms with van der Waals surface area (Å²) in [6, 6.07) is 32.8. The van der Waals surface area contributed by atoms with Crippen LogP contribution in [0, 0.1) is 13.8 Å². The third kappa shape index (κ3) is 10.1. The summed E-state index contributed by atoms with van der Waals surface area (Å²) in [5.74, 6) is -0.371. The molecule has 36 heavy (non-hydrogen) atoms. The Morgan fingerprint density at radius 3 is 1.53 bits per heavy atom. The lowest BCUT2D eigenvalue weighted by atomic mass is 10.2. The maximum absolute atomic E-state index is 11.8. The van der Waals surface area contributed by atoms with Crippen LogP contribution in [0.1, 0.15) is 11.1 Å². The molecule has 4 rings (SSSR count). The number of nitrogens with one attached hydrogen (secondary N) is 1. The van der Waals surface area contributed by atoms with Crippen molar-refractivity contribution in [2.45, 2.75) is 19.4 Å². The Bertz CT molecular complexity index is 1260. The average molecular weight is 517 g/mol. The Kier molecular flexibility index (Phi) is 10.4. The first-order valence-electron chi connectivity index (χ1n) is 10.7. The molecule has 0 saturated carbocycles. The summed E-state index contributed by atoms with van der Waals surface area (Å²) in [7, 11) is -5.55. The standard InChI is InChI=1S/C13H13N.C7H5F3O3S.C7H9N/c1-11-7-9-13(10-8-11)14-12-5-3-2-4-6-12;8-7(9,10)14(11,12)13-6-4-2-1-3-5-6;1-6-2-4-7(8)5-3-6/h2-10,14H,1H3;1-5H;2-5H,8H2,1H3. The normalized spacial score (nSPS) is 10.7. The molecule has 5 nitrogen and oxygen atoms in total. The fourth-order valence-electron chi connectivity index (χ4n) is 2.54. The first-order chi connectivity index (χ1) is 17.0. The van der Waals surface area contributed by atoms with E-state index in [9.17, 15) is 21.6 Å². The fourth-order valence-corrected chi connectivity index (χ4v) is 3.00. The van der Waals surface area contributed by atoms with Gasteiger partial charge in [0.2, 0.25) is 0 Å². The molecule has 4 aromatic carbocycles. The van der Waals surface area contributed by atoms with Crippen LogP contribution in [0.3, 0.4) is 0 Å². The van der Waals surface area contributed by atoms with Crippen molar-refractivity contribution in [3.63, 3.8) is 0 Å². The Morgan fingerprint density at radius 2 is 1.08 bits per heavy atom. The third-order valence-corrected chi connectivity index (χ3v) is 5.40. The number of benzene rings is 4. The highest BCUT2D eigenvalue weighted by molar-refractivity contribution is 7.88. The molecule has 0 aliphatic heterocycles. The summed E-state index contributed by atoms with van der Waals surface area (Å²) >= 11 is 0. The second kappa shape index (κ2) is 13.2. The number of halogens is 3. The first-order valence-corrected chi connectivity index (χ1v) is 12.1. The lowest BCUT2D eigenvalue weighted by Gasteiger charge is -2.08. The highest BCUT2D eigenvalue weighted by Crippen LogP contribution is 2.26. The third-order valence-electron chi connectivity index (χ3n) is 4.42. The van der Waals surface area contributed by atoms with Crippen LogP contribution in [0.5, 0.6) is 5.75 Å². The monoisotopic (exact) mass is 516 g/mol. The Labute approximate surface area is 209 Å². The predicted octanol–water partition coefficient (Wildman–Crippen LogP) is 7.23. The largest absolute Gasteiger partial charge is 0.534 e. The van der Waals surface area contributed by atoms with Crippen molar-refractivity contribution < 1.29 is 25.8 Å². The summed E-state index contributed by atoms with van der Waals surface area (Å²) in [5.41, 5.74) is 5.63. The molecular formula is C27H27F3N2O3S. The molecule has 3 N–H and O–H groups in total. The first kappa shape index (κ1) is 28.3. The fraction of sp³-hybridized carbons (Fsp3) is 0.111. The van der Waals surface area contributed by atoms with Gasteiger partial charge in [-0.25, -0.2) is 0 Å².